The average Bonchev–Trinajstić information content (AvgIpc) is 3.02. The maximum atomic E-state index is 12.7. The van der Waals surface area contributed by atoms with Crippen molar-refractivity contribution in [3.8, 4) is 0 Å². The molecule has 0 spiro atoms. The summed E-state index contributed by atoms with van der Waals surface area (Å²) in [5, 5.41) is 12.6. The zero-order valence-corrected chi connectivity index (χ0v) is 27.6. The van der Waals surface area contributed by atoms with Crippen molar-refractivity contribution in [2.45, 2.75) is 91.1 Å². The van der Waals surface area contributed by atoms with E-state index in [1.807, 2.05) is 0 Å². The average molecular weight is 635 g/mol. The molecule has 1 aliphatic rings. The number of carbonyl (C=O) groups is 2. The van der Waals surface area contributed by atoms with Crippen LogP contribution in [0, 0.1) is 6.92 Å². The molecule has 9 heteroatoms. The summed E-state index contributed by atoms with van der Waals surface area (Å²) >= 11 is 0. The number of fused-ring (bicyclic) bond motifs is 1. The molecule has 0 radical (unpaired) electrons. The smallest absolute Gasteiger partial charge is 0.349 e. The number of hydrogen-bond donors (Lipinski definition) is 3. The minimum absolute atomic E-state index is 0.0442. The van der Waals surface area contributed by atoms with Crippen LogP contribution in [0.15, 0.2) is 74.5 Å². The number of benzene rings is 1. The van der Waals surface area contributed by atoms with Crippen LogP contribution in [0.3, 0.4) is 0 Å². The zero-order chi connectivity index (χ0) is 33.5. The van der Waals surface area contributed by atoms with E-state index in [0.717, 1.165) is 57.8 Å². The fourth-order valence-electron chi connectivity index (χ4n) is 5.42. The third-order valence-electron chi connectivity index (χ3n) is 8.23. The van der Waals surface area contributed by atoms with E-state index >= 15 is 0 Å². The van der Waals surface area contributed by atoms with E-state index in [1.165, 1.54) is 16.7 Å². The molecule has 1 aromatic heterocycles. The van der Waals surface area contributed by atoms with Crippen molar-refractivity contribution in [1.29, 1.82) is 0 Å². The van der Waals surface area contributed by atoms with Crippen LogP contribution in [0.2, 0.25) is 0 Å². The molecule has 1 fully saturated rings. The monoisotopic (exact) mass is 634 g/mol. The topological polar surface area (TPSA) is 141 Å². The Morgan fingerprint density at radius 1 is 1.11 bits per heavy atom. The second-order valence-corrected chi connectivity index (χ2v) is 12.1. The highest BCUT2D eigenvalue weighted by Gasteiger charge is 2.23. The highest BCUT2D eigenvalue weighted by molar-refractivity contribution is 5.99. The first-order chi connectivity index (χ1) is 22.1. The van der Waals surface area contributed by atoms with Gasteiger partial charge in [-0.2, -0.15) is 0 Å². The van der Waals surface area contributed by atoms with E-state index in [-0.39, 0.29) is 17.2 Å². The maximum absolute atomic E-state index is 12.7. The van der Waals surface area contributed by atoms with Gasteiger partial charge in [-0.3, -0.25) is 4.79 Å². The summed E-state index contributed by atoms with van der Waals surface area (Å²) in [6, 6.07) is 5.07. The fourth-order valence-corrected chi connectivity index (χ4v) is 5.42. The molecule has 2 heterocycles. The molecule has 3 rings (SSSR count). The molecule has 0 unspecified atom stereocenters. The van der Waals surface area contributed by atoms with Gasteiger partial charge in [-0.05, 0) is 95.4 Å². The van der Waals surface area contributed by atoms with Gasteiger partial charge >= 0.3 is 11.6 Å². The van der Waals surface area contributed by atoms with Crippen molar-refractivity contribution in [3.05, 3.63) is 86.8 Å². The van der Waals surface area contributed by atoms with Gasteiger partial charge in [0.25, 0.3) is 5.91 Å². The van der Waals surface area contributed by atoms with Crippen molar-refractivity contribution in [3.63, 3.8) is 0 Å². The zero-order valence-electron chi connectivity index (χ0n) is 27.6. The molecule has 250 valence electrons. The predicted octanol–water partition coefficient (Wildman–Crippen LogP) is 7.19. The molecule has 1 saturated heterocycles. The first-order valence-electron chi connectivity index (χ1n) is 16.3. The van der Waals surface area contributed by atoms with E-state index in [0.29, 0.717) is 55.0 Å². The number of hydrogen-bond acceptors (Lipinski definition) is 7. The fraction of sp³-hybridized carbons (Fsp3) is 0.486. The Hall–Kier alpha value is -3.95. The summed E-state index contributed by atoms with van der Waals surface area (Å²) in [7, 11) is 0. The number of carbonyl (C=O) groups excluding carboxylic acids is 1. The first kappa shape index (κ1) is 36.5. The standard InChI is InChI=1S/C37H50N2O7/c1-25(12-7-8-15-29-16-19-32(45-24-29)28(4)36(41)42)13-11-14-26(2)23-44-21-10-6-5-9-20-39-35(40)34-27(3)31-18-17-30(38)22-33(31)46-37(34)43/h12,14-15,17-18,22,32H,4-11,13,16,19-21,23-24,38H2,1-3H3,(H,39,40)(H,41,42)/b25-12+,26-14+,29-15-/t32-/m1/s1. The number of nitrogen functional groups attached to an aromatic ring is 1. The van der Waals surface area contributed by atoms with Gasteiger partial charge in [0.15, 0.2) is 0 Å². The largest absolute Gasteiger partial charge is 0.478 e. The molecule has 0 aliphatic carbocycles. The molecule has 1 amide bonds. The van der Waals surface area contributed by atoms with Crippen LogP contribution < -0.4 is 16.7 Å². The second-order valence-electron chi connectivity index (χ2n) is 12.1. The first-order valence-corrected chi connectivity index (χ1v) is 16.3. The van der Waals surface area contributed by atoms with Gasteiger partial charge in [-0.15, -0.1) is 0 Å². The SMILES string of the molecule is C=C(C(=O)O)[C@H]1CC/C(=C/CC/C=C(\C)CC/C=C(\C)COCCCCCCNC(=O)c2c(C)c3ccc(N)cc3oc2=O)CO1. The van der Waals surface area contributed by atoms with Crippen LogP contribution >= 0.6 is 0 Å². The van der Waals surface area contributed by atoms with Crippen molar-refractivity contribution < 1.29 is 28.6 Å². The van der Waals surface area contributed by atoms with E-state index in [1.54, 1.807) is 25.1 Å². The molecule has 2 aromatic rings. The number of unbranched alkanes of at least 4 members (excludes halogenated alkanes) is 4. The van der Waals surface area contributed by atoms with Crippen LogP contribution in [0.5, 0.6) is 0 Å². The lowest BCUT2D eigenvalue weighted by Gasteiger charge is -2.24. The lowest BCUT2D eigenvalue weighted by atomic mass is 9.98. The minimum Gasteiger partial charge on any atom is -0.478 e. The Kier molecular flexibility index (Phi) is 15.0. The lowest BCUT2D eigenvalue weighted by Crippen LogP contribution is -2.30. The predicted molar refractivity (Wildman–Crippen MR) is 183 cm³/mol. The molecule has 1 aromatic carbocycles. The number of aliphatic carboxylic acids is 1. The highest BCUT2D eigenvalue weighted by Crippen LogP contribution is 2.24. The number of carboxylic acids is 1. The third-order valence-corrected chi connectivity index (χ3v) is 8.23. The van der Waals surface area contributed by atoms with Crippen LogP contribution in [0.25, 0.3) is 11.0 Å². The normalized spacial score (nSPS) is 16.6. The van der Waals surface area contributed by atoms with Gasteiger partial charge in [0.2, 0.25) is 0 Å². The Morgan fingerprint density at radius 3 is 2.61 bits per heavy atom. The lowest BCUT2D eigenvalue weighted by molar-refractivity contribution is -0.134. The quantitative estimate of drug-likeness (QED) is 0.0514. The number of nitrogens with one attached hydrogen (secondary N) is 1. The number of ether oxygens (including phenoxy) is 2. The molecule has 0 bridgehead atoms. The molecule has 0 saturated carbocycles. The molecule has 9 nitrogen and oxygen atoms in total. The van der Waals surface area contributed by atoms with Crippen LogP contribution in [0.1, 0.15) is 94.0 Å². The van der Waals surface area contributed by atoms with Gasteiger partial charge in [0.05, 0.1) is 24.9 Å². The van der Waals surface area contributed by atoms with Crippen LogP contribution in [0.4, 0.5) is 5.69 Å². The molecule has 1 aliphatic heterocycles. The van der Waals surface area contributed by atoms with Gasteiger partial charge in [0, 0.05) is 30.3 Å². The summed E-state index contributed by atoms with van der Waals surface area (Å²) in [5.74, 6) is -1.40. The third kappa shape index (κ3) is 11.8. The Morgan fingerprint density at radius 2 is 1.87 bits per heavy atom. The Balaban J connectivity index is 1.20. The van der Waals surface area contributed by atoms with E-state index in [2.05, 4.69) is 44.0 Å². The number of nitrogens with two attached hydrogens (primary N) is 1. The van der Waals surface area contributed by atoms with Crippen molar-refractivity contribution in [2.24, 2.45) is 0 Å². The summed E-state index contributed by atoms with van der Waals surface area (Å²) < 4.78 is 16.8. The van der Waals surface area contributed by atoms with Crippen molar-refractivity contribution in [1.82, 2.24) is 5.32 Å². The Labute approximate surface area is 272 Å². The van der Waals surface area contributed by atoms with E-state index in [4.69, 9.17) is 24.7 Å². The van der Waals surface area contributed by atoms with Crippen LogP contribution in [-0.2, 0) is 14.3 Å². The minimum atomic E-state index is -0.986. The van der Waals surface area contributed by atoms with Gasteiger partial charge < -0.3 is 30.0 Å². The number of aryl methyl sites for hydroxylation is 1. The summed E-state index contributed by atoms with van der Waals surface area (Å²) in [4.78, 5) is 36.1. The van der Waals surface area contributed by atoms with E-state index < -0.39 is 17.5 Å². The molecular formula is C37H50N2O7. The summed E-state index contributed by atoms with van der Waals surface area (Å²) in [6.07, 6.45) is 15.6. The summed E-state index contributed by atoms with van der Waals surface area (Å²) in [6.45, 7) is 11.9. The number of carboxylic acid groups (broad SMARTS) is 1. The van der Waals surface area contributed by atoms with Gasteiger partial charge in [0.1, 0.15) is 11.1 Å². The van der Waals surface area contributed by atoms with E-state index in [9.17, 15) is 14.4 Å². The molecule has 46 heavy (non-hydrogen) atoms. The maximum Gasteiger partial charge on any atom is 0.349 e. The van der Waals surface area contributed by atoms with Gasteiger partial charge in [-0.25, -0.2) is 9.59 Å². The van der Waals surface area contributed by atoms with Crippen molar-refractivity contribution >= 4 is 28.5 Å². The number of allylic oxidation sites excluding steroid dienone is 4. The Bertz CT molecular complexity index is 1510. The second kappa shape index (κ2) is 18.9. The molecule has 4 N–H and O–H groups in total. The molecule has 1 atom stereocenters. The van der Waals surface area contributed by atoms with Gasteiger partial charge in [-0.1, -0.05) is 48.8 Å². The molecular weight excluding hydrogens is 584 g/mol. The highest BCUT2D eigenvalue weighted by atomic mass is 16.5. The number of amides is 1. The summed E-state index contributed by atoms with van der Waals surface area (Å²) in [5.41, 5.74) is 10.6. The van der Waals surface area contributed by atoms with Crippen molar-refractivity contribution in [2.75, 3.05) is 32.1 Å². The van der Waals surface area contributed by atoms with Crippen LogP contribution in [-0.4, -0.2) is 49.5 Å². The number of anilines is 1. The number of rotatable bonds is 18.